The first-order valence-electron chi connectivity index (χ1n) is 8.07. The number of nitrogens with one attached hydrogen (secondary N) is 1. The Kier molecular flexibility index (Phi) is 5.03. The van der Waals surface area contributed by atoms with Gasteiger partial charge in [0.25, 0.3) is 11.8 Å². The number of aromatic nitrogens is 3. The number of benzene rings is 1. The molecule has 0 radical (unpaired) electrons. The highest BCUT2D eigenvalue weighted by molar-refractivity contribution is 5.98. The first-order valence-corrected chi connectivity index (χ1v) is 8.07. The average Bonchev–Trinajstić information content (AvgIpc) is 3.12. The number of nitrogens with zero attached hydrogens (tertiary/aromatic N) is 3. The van der Waals surface area contributed by atoms with Crippen LogP contribution in [0.2, 0.25) is 0 Å². The largest absolute Gasteiger partial charge is 0.384 e. The van der Waals surface area contributed by atoms with Crippen molar-refractivity contribution in [1.29, 1.82) is 0 Å². The van der Waals surface area contributed by atoms with Gasteiger partial charge >= 0.3 is 0 Å². The van der Waals surface area contributed by atoms with E-state index in [-0.39, 0.29) is 0 Å². The zero-order valence-corrected chi connectivity index (χ0v) is 13.9. The van der Waals surface area contributed by atoms with Gasteiger partial charge in [-0.15, -0.1) is 0 Å². The lowest BCUT2D eigenvalue weighted by Gasteiger charge is -2.09. The van der Waals surface area contributed by atoms with Crippen molar-refractivity contribution in [2.75, 3.05) is 11.9 Å². The van der Waals surface area contributed by atoms with E-state index in [1.807, 2.05) is 31.2 Å². The van der Waals surface area contributed by atoms with Gasteiger partial charge in [-0.1, -0.05) is 24.2 Å². The minimum atomic E-state index is -0.494. The van der Waals surface area contributed by atoms with Crippen molar-refractivity contribution in [3.05, 3.63) is 59.7 Å². The summed E-state index contributed by atoms with van der Waals surface area (Å²) in [7, 11) is 0. The fraction of sp³-hybridized carbons (Fsp3) is 0.222. The van der Waals surface area contributed by atoms with Crippen molar-refractivity contribution in [1.82, 2.24) is 15.1 Å². The molecule has 25 heavy (non-hydrogen) atoms. The summed E-state index contributed by atoms with van der Waals surface area (Å²) in [6, 6.07) is 9.71. The first-order chi connectivity index (χ1) is 12.2. The Morgan fingerprint density at radius 1 is 1.24 bits per heavy atom. The molecule has 3 N–H and O–H groups in total. The van der Waals surface area contributed by atoms with Gasteiger partial charge in [-0.25, -0.2) is 0 Å². The second-order valence-electron chi connectivity index (χ2n) is 5.53. The van der Waals surface area contributed by atoms with Crippen LogP contribution in [-0.4, -0.2) is 27.6 Å². The number of amides is 1. The molecule has 0 atom stereocenters. The van der Waals surface area contributed by atoms with Crippen LogP contribution in [0.1, 0.15) is 28.7 Å². The molecule has 0 saturated carbocycles. The molecular formula is C18H19N5O2. The molecule has 0 fully saturated rings. The van der Waals surface area contributed by atoms with Gasteiger partial charge in [0.1, 0.15) is 0 Å². The molecule has 7 nitrogen and oxygen atoms in total. The van der Waals surface area contributed by atoms with E-state index in [2.05, 4.69) is 20.4 Å². The number of carbonyl (C=O) groups excluding carboxylic acids is 1. The minimum Gasteiger partial charge on any atom is -0.384 e. The van der Waals surface area contributed by atoms with Gasteiger partial charge in [0.2, 0.25) is 0 Å². The van der Waals surface area contributed by atoms with Crippen molar-refractivity contribution >= 4 is 11.6 Å². The molecule has 0 aliphatic carbocycles. The van der Waals surface area contributed by atoms with Crippen LogP contribution in [-0.2, 0) is 12.8 Å². The van der Waals surface area contributed by atoms with Crippen LogP contribution in [0.25, 0.3) is 11.5 Å². The van der Waals surface area contributed by atoms with Gasteiger partial charge in [-0.05, 0) is 30.2 Å². The summed E-state index contributed by atoms with van der Waals surface area (Å²) in [6.07, 6.45) is 4.63. The van der Waals surface area contributed by atoms with Crippen LogP contribution in [0.15, 0.2) is 47.2 Å². The predicted molar refractivity (Wildman–Crippen MR) is 94.1 cm³/mol. The van der Waals surface area contributed by atoms with E-state index in [1.54, 1.807) is 12.3 Å². The van der Waals surface area contributed by atoms with E-state index < -0.39 is 5.91 Å². The molecule has 0 aliphatic rings. The maximum Gasteiger partial charge on any atom is 0.257 e. The van der Waals surface area contributed by atoms with Gasteiger partial charge in [-0.3, -0.25) is 9.78 Å². The van der Waals surface area contributed by atoms with E-state index in [0.29, 0.717) is 29.5 Å². The molecule has 7 heteroatoms. The van der Waals surface area contributed by atoms with Crippen LogP contribution in [0.3, 0.4) is 0 Å². The molecule has 2 heterocycles. The van der Waals surface area contributed by atoms with Gasteiger partial charge in [0.15, 0.2) is 5.82 Å². The van der Waals surface area contributed by atoms with Crippen molar-refractivity contribution in [3.8, 4) is 11.5 Å². The Bertz CT molecular complexity index is 858. The summed E-state index contributed by atoms with van der Waals surface area (Å²) in [5, 5.41) is 7.12. The highest BCUT2D eigenvalue weighted by atomic mass is 16.5. The Morgan fingerprint density at radius 2 is 2.04 bits per heavy atom. The standard InChI is InChI=1S/C18H19N5O2/c1-2-16-22-18(25-23-16)13-5-3-12(4-6-13)7-10-21-15-8-9-20-11-14(15)17(19)24/h3-6,8-9,11H,2,7,10H2,1H3,(H2,19,24)(H,20,21). The minimum absolute atomic E-state index is 0.390. The van der Waals surface area contributed by atoms with Crippen LogP contribution in [0.4, 0.5) is 5.69 Å². The molecule has 0 bridgehead atoms. The summed E-state index contributed by atoms with van der Waals surface area (Å²) in [4.78, 5) is 19.6. The van der Waals surface area contributed by atoms with Crippen LogP contribution >= 0.6 is 0 Å². The second kappa shape index (κ2) is 7.57. The zero-order chi connectivity index (χ0) is 17.6. The quantitative estimate of drug-likeness (QED) is 0.686. The van der Waals surface area contributed by atoms with E-state index >= 15 is 0 Å². The van der Waals surface area contributed by atoms with Gasteiger partial charge in [-0.2, -0.15) is 4.98 Å². The molecule has 1 aromatic carbocycles. The van der Waals surface area contributed by atoms with Crippen molar-refractivity contribution < 1.29 is 9.32 Å². The third-order valence-corrected chi connectivity index (χ3v) is 3.80. The van der Waals surface area contributed by atoms with Crippen LogP contribution in [0.5, 0.6) is 0 Å². The molecule has 128 valence electrons. The molecule has 2 aromatic heterocycles. The monoisotopic (exact) mass is 337 g/mol. The summed E-state index contributed by atoms with van der Waals surface area (Å²) in [5.74, 6) is 0.737. The number of primary amides is 1. The average molecular weight is 337 g/mol. The number of pyridine rings is 1. The fourth-order valence-corrected chi connectivity index (χ4v) is 2.42. The van der Waals surface area contributed by atoms with Gasteiger partial charge in [0.05, 0.1) is 11.3 Å². The Hall–Kier alpha value is -3.22. The smallest absolute Gasteiger partial charge is 0.257 e. The zero-order valence-electron chi connectivity index (χ0n) is 13.9. The molecule has 0 unspecified atom stereocenters. The van der Waals surface area contributed by atoms with Crippen molar-refractivity contribution in [2.24, 2.45) is 5.73 Å². The van der Waals surface area contributed by atoms with E-state index in [1.165, 1.54) is 6.20 Å². The Balaban J connectivity index is 1.60. The van der Waals surface area contributed by atoms with Gasteiger partial charge in [0, 0.05) is 30.9 Å². The molecule has 3 aromatic rings. The number of hydrogen-bond donors (Lipinski definition) is 2. The summed E-state index contributed by atoms with van der Waals surface area (Å²) < 4.78 is 5.23. The van der Waals surface area contributed by atoms with Crippen LogP contribution in [0, 0.1) is 0 Å². The van der Waals surface area contributed by atoms with E-state index in [0.717, 1.165) is 24.0 Å². The number of hydrogen-bond acceptors (Lipinski definition) is 6. The maximum atomic E-state index is 11.4. The summed E-state index contributed by atoms with van der Waals surface area (Å²) in [5.41, 5.74) is 8.47. The van der Waals surface area contributed by atoms with Crippen LogP contribution < -0.4 is 11.1 Å². The van der Waals surface area contributed by atoms with Crippen molar-refractivity contribution in [3.63, 3.8) is 0 Å². The highest BCUT2D eigenvalue weighted by Crippen LogP contribution is 2.18. The maximum absolute atomic E-state index is 11.4. The molecule has 1 amide bonds. The normalized spacial score (nSPS) is 10.6. The highest BCUT2D eigenvalue weighted by Gasteiger charge is 2.08. The van der Waals surface area contributed by atoms with Gasteiger partial charge < -0.3 is 15.6 Å². The predicted octanol–water partition coefficient (Wildman–Crippen LogP) is 2.45. The Morgan fingerprint density at radius 3 is 2.72 bits per heavy atom. The lowest BCUT2D eigenvalue weighted by molar-refractivity contribution is 0.100. The summed E-state index contributed by atoms with van der Waals surface area (Å²) in [6.45, 7) is 2.65. The third-order valence-electron chi connectivity index (χ3n) is 3.80. The molecular weight excluding hydrogens is 318 g/mol. The van der Waals surface area contributed by atoms with E-state index in [9.17, 15) is 4.79 Å². The third kappa shape index (κ3) is 4.00. The number of rotatable bonds is 7. The Labute approximate surface area is 145 Å². The topological polar surface area (TPSA) is 107 Å². The number of nitrogens with two attached hydrogens (primary N) is 1. The lowest BCUT2D eigenvalue weighted by atomic mass is 10.1. The summed E-state index contributed by atoms with van der Waals surface area (Å²) >= 11 is 0. The molecule has 0 spiro atoms. The molecule has 3 rings (SSSR count). The van der Waals surface area contributed by atoms with E-state index in [4.69, 9.17) is 10.3 Å². The lowest BCUT2D eigenvalue weighted by Crippen LogP contribution is -2.15. The molecule has 0 aliphatic heterocycles. The SMILES string of the molecule is CCc1noc(-c2ccc(CCNc3ccncc3C(N)=O)cc2)n1. The number of aryl methyl sites for hydroxylation is 1. The molecule has 0 saturated heterocycles. The number of anilines is 1. The number of carbonyl (C=O) groups is 1. The second-order valence-corrected chi connectivity index (χ2v) is 5.53. The van der Waals surface area contributed by atoms with Crippen molar-refractivity contribution in [2.45, 2.75) is 19.8 Å². The fourth-order valence-electron chi connectivity index (χ4n) is 2.42. The first kappa shape index (κ1) is 16.6.